The zero-order valence-corrected chi connectivity index (χ0v) is 14.8. The average Bonchev–Trinajstić information content (AvgIpc) is 2.46. The van der Waals surface area contributed by atoms with Gasteiger partial charge in [0.15, 0.2) is 9.84 Å². The van der Waals surface area contributed by atoms with Crippen LogP contribution < -0.4 is 0 Å². The van der Waals surface area contributed by atoms with Crippen LogP contribution in [0.25, 0.3) is 0 Å². The van der Waals surface area contributed by atoms with E-state index in [0.29, 0.717) is 11.5 Å². The van der Waals surface area contributed by atoms with E-state index < -0.39 is 9.84 Å². The molecule has 0 aromatic heterocycles. The summed E-state index contributed by atoms with van der Waals surface area (Å²) in [6.45, 7) is 4.86. The van der Waals surface area contributed by atoms with E-state index >= 15 is 0 Å². The fraction of sp³-hybridized carbons (Fsp3) is 1.00. The molecule has 0 saturated carbocycles. The van der Waals surface area contributed by atoms with Crippen molar-refractivity contribution in [3.63, 3.8) is 0 Å². The molecule has 0 amide bonds. The third-order valence-electron chi connectivity index (χ3n) is 4.51. The number of rotatable bonds is 12. The van der Waals surface area contributed by atoms with E-state index in [4.69, 9.17) is 0 Å². The standard InChI is InChI=1S/C17H35NO2S/c1-2-3-4-5-6-7-8-9-10-11-12-13-18-14-16-21(19,20)17-15-18/h2-17H2,1H3. The van der Waals surface area contributed by atoms with E-state index in [2.05, 4.69) is 11.8 Å². The highest BCUT2D eigenvalue weighted by molar-refractivity contribution is 7.91. The van der Waals surface area contributed by atoms with Crippen molar-refractivity contribution >= 4 is 9.84 Å². The molecule has 0 unspecified atom stereocenters. The molecule has 0 atom stereocenters. The first-order valence-corrected chi connectivity index (χ1v) is 10.9. The molecule has 0 aliphatic carbocycles. The van der Waals surface area contributed by atoms with Crippen LogP contribution in [0.2, 0.25) is 0 Å². The summed E-state index contributed by atoms with van der Waals surface area (Å²) in [5.74, 6) is 0.732. The lowest BCUT2D eigenvalue weighted by Crippen LogP contribution is -2.40. The molecule has 0 aromatic carbocycles. The molecule has 4 heteroatoms. The van der Waals surface area contributed by atoms with Gasteiger partial charge in [-0.25, -0.2) is 8.42 Å². The maximum absolute atomic E-state index is 11.3. The molecule has 1 aliphatic rings. The minimum Gasteiger partial charge on any atom is -0.301 e. The number of hydrogen-bond acceptors (Lipinski definition) is 3. The lowest BCUT2D eigenvalue weighted by Gasteiger charge is -2.26. The van der Waals surface area contributed by atoms with Crippen molar-refractivity contribution in [2.45, 2.75) is 77.6 Å². The molecule has 1 saturated heterocycles. The van der Waals surface area contributed by atoms with Crippen molar-refractivity contribution in [2.75, 3.05) is 31.1 Å². The molecule has 1 fully saturated rings. The highest BCUT2D eigenvalue weighted by Crippen LogP contribution is 2.12. The Morgan fingerprint density at radius 3 is 1.62 bits per heavy atom. The molecule has 1 aliphatic heterocycles. The fourth-order valence-electron chi connectivity index (χ4n) is 2.97. The molecular weight excluding hydrogens is 282 g/mol. The van der Waals surface area contributed by atoms with Crippen molar-refractivity contribution in [1.29, 1.82) is 0 Å². The number of nitrogens with zero attached hydrogens (tertiary/aromatic N) is 1. The largest absolute Gasteiger partial charge is 0.301 e. The Morgan fingerprint density at radius 2 is 1.14 bits per heavy atom. The smallest absolute Gasteiger partial charge is 0.152 e. The summed E-state index contributed by atoms with van der Waals surface area (Å²) >= 11 is 0. The summed E-state index contributed by atoms with van der Waals surface area (Å²) in [5.41, 5.74) is 0. The quantitative estimate of drug-likeness (QED) is 0.510. The second kappa shape index (κ2) is 11.5. The molecule has 21 heavy (non-hydrogen) atoms. The predicted molar refractivity (Wildman–Crippen MR) is 91.6 cm³/mol. The zero-order chi connectivity index (χ0) is 15.4. The first-order chi connectivity index (χ1) is 10.1. The molecule has 0 spiro atoms. The van der Waals surface area contributed by atoms with Crippen LogP contribution in [0.5, 0.6) is 0 Å². The Hall–Kier alpha value is -0.0900. The predicted octanol–water partition coefficient (Wildman–Crippen LogP) is 4.03. The molecule has 3 nitrogen and oxygen atoms in total. The van der Waals surface area contributed by atoms with E-state index in [-0.39, 0.29) is 0 Å². The van der Waals surface area contributed by atoms with Gasteiger partial charge in [0.2, 0.25) is 0 Å². The summed E-state index contributed by atoms with van der Waals surface area (Å²) < 4.78 is 22.7. The molecule has 0 aromatic rings. The average molecular weight is 318 g/mol. The van der Waals surface area contributed by atoms with Crippen LogP contribution in [0.1, 0.15) is 77.6 Å². The summed E-state index contributed by atoms with van der Waals surface area (Å²) in [4.78, 5) is 2.31. The SMILES string of the molecule is CCCCCCCCCCCCCN1CCS(=O)(=O)CC1. The van der Waals surface area contributed by atoms with E-state index in [1.807, 2.05) is 0 Å². The fourth-order valence-corrected chi connectivity index (χ4v) is 4.25. The molecule has 0 bridgehead atoms. The van der Waals surface area contributed by atoms with Crippen LogP contribution in [0.15, 0.2) is 0 Å². The van der Waals surface area contributed by atoms with E-state index in [1.165, 1.54) is 70.6 Å². The topological polar surface area (TPSA) is 37.4 Å². The Balaban J connectivity index is 1.81. The van der Waals surface area contributed by atoms with Crippen molar-refractivity contribution in [1.82, 2.24) is 4.90 Å². The summed E-state index contributed by atoms with van der Waals surface area (Å²) in [7, 11) is -2.71. The van der Waals surface area contributed by atoms with Crippen LogP contribution in [-0.2, 0) is 9.84 Å². The van der Waals surface area contributed by atoms with Crippen LogP contribution in [0.4, 0.5) is 0 Å². The van der Waals surface area contributed by atoms with Gasteiger partial charge in [-0.05, 0) is 13.0 Å². The van der Waals surface area contributed by atoms with E-state index in [9.17, 15) is 8.42 Å². The lowest BCUT2D eigenvalue weighted by atomic mass is 10.1. The van der Waals surface area contributed by atoms with E-state index in [0.717, 1.165) is 19.6 Å². The molecule has 0 N–H and O–H groups in total. The van der Waals surface area contributed by atoms with Gasteiger partial charge < -0.3 is 4.90 Å². The molecule has 1 rings (SSSR count). The van der Waals surface area contributed by atoms with Crippen LogP contribution in [-0.4, -0.2) is 44.5 Å². The van der Waals surface area contributed by atoms with Gasteiger partial charge in [0.25, 0.3) is 0 Å². The van der Waals surface area contributed by atoms with Gasteiger partial charge in [-0.1, -0.05) is 71.1 Å². The Morgan fingerprint density at radius 1 is 0.714 bits per heavy atom. The van der Waals surface area contributed by atoms with Gasteiger partial charge in [0, 0.05) is 13.1 Å². The van der Waals surface area contributed by atoms with Crippen molar-refractivity contribution in [2.24, 2.45) is 0 Å². The highest BCUT2D eigenvalue weighted by atomic mass is 32.2. The van der Waals surface area contributed by atoms with Crippen molar-refractivity contribution < 1.29 is 8.42 Å². The highest BCUT2D eigenvalue weighted by Gasteiger charge is 2.20. The van der Waals surface area contributed by atoms with Gasteiger partial charge in [0.1, 0.15) is 0 Å². The summed E-state index contributed by atoms with van der Waals surface area (Å²) in [5, 5.41) is 0. The minimum atomic E-state index is -2.71. The molecular formula is C17H35NO2S. The monoisotopic (exact) mass is 317 g/mol. The Kier molecular flexibility index (Phi) is 10.4. The first-order valence-electron chi connectivity index (χ1n) is 9.07. The third-order valence-corrected chi connectivity index (χ3v) is 6.12. The number of sulfone groups is 1. The first kappa shape index (κ1) is 19.0. The van der Waals surface area contributed by atoms with E-state index in [1.54, 1.807) is 0 Å². The Labute approximate surface area is 132 Å². The second-order valence-electron chi connectivity index (χ2n) is 6.53. The van der Waals surface area contributed by atoms with Crippen LogP contribution >= 0.6 is 0 Å². The van der Waals surface area contributed by atoms with Crippen LogP contribution in [0.3, 0.4) is 0 Å². The van der Waals surface area contributed by atoms with Crippen molar-refractivity contribution in [3.8, 4) is 0 Å². The minimum absolute atomic E-state index is 0.366. The molecule has 126 valence electrons. The van der Waals surface area contributed by atoms with Crippen LogP contribution in [0, 0.1) is 0 Å². The molecule has 1 heterocycles. The number of hydrogen-bond donors (Lipinski definition) is 0. The van der Waals surface area contributed by atoms with Gasteiger partial charge in [-0.2, -0.15) is 0 Å². The van der Waals surface area contributed by atoms with Gasteiger partial charge in [-0.3, -0.25) is 0 Å². The second-order valence-corrected chi connectivity index (χ2v) is 8.83. The molecule has 0 radical (unpaired) electrons. The normalized spacial score (nSPS) is 18.9. The lowest BCUT2D eigenvalue weighted by molar-refractivity contribution is 0.287. The Bertz CT molecular complexity index is 327. The zero-order valence-electron chi connectivity index (χ0n) is 14.0. The maximum Gasteiger partial charge on any atom is 0.152 e. The summed E-state index contributed by atoms with van der Waals surface area (Å²) in [6, 6.07) is 0. The van der Waals surface area contributed by atoms with Gasteiger partial charge in [-0.15, -0.1) is 0 Å². The number of unbranched alkanes of at least 4 members (excludes halogenated alkanes) is 10. The summed E-state index contributed by atoms with van der Waals surface area (Å²) in [6.07, 6.45) is 15.1. The van der Waals surface area contributed by atoms with Crippen molar-refractivity contribution in [3.05, 3.63) is 0 Å². The third kappa shape index (κ3) is 10.3. The van der Waals surface area contributed by atoms with Gasteiger partial charge in [0.05, 0.1) is 11.5 Å². The van der Waals surface area contributed by atoms with Gasteiger partial charge >= 0.3 is 0 Å². The maximum atomic E-state index is 11.3.